The third-order valence-corrected chi connectivity index (χ3v) is 3.79. The molecule has 2 heteroatoms. The number of rotatable bonds is 5. The summed E-state index contributed by atoms with van der Waals surface area (Å²) >= 11 is 0. The second kappa shape index (κ2) is 6.49. The summed E-state index contributed by atoms with van der Waals surface area (Å²) in [6.45, 7) is 7.69. The Morgan fingerprint density at radius 1 is 1.33 bits per heavy atom. The number of aliphatic hydroxyl groups excluding tert-OH is 1. The molecule has 2 nitrogen and oxygen atoms in total. The molecule has 1 heterocycles. The molecule has 3 unspecified atom stereocenters. The van der Waals surface area contributed by atoms with Gasteiger partial charge >= 0.3 is 0 Å². The number of nitrogens with zero attached hydrogens (tertiary/aromatic N) is 1. The quantitative estimate of drug-likeness (QED) is 0.759. The molecule has 1 fully saturated rings. The molecule has 0 saturated carbocycles. The van der Waals surface area contributed by atoms with E-state index in [2.05, 4.69) is 25.7 Å². The Kier molecular flexibility index (Phi) is 5.62. The maximum absolute atomic E-state index is 9.92. The van der Waals surface area contributed by atoms with E-state index in [1.54, 1.807) is 0 Å². The Bertz CT molecular complexity index is 168. The van der Waals surface area contributed by atoms with Crippen LogP contribution in [0.3, 0.4) is 0 Å². The molecule has 0 aromatic heterocycles. The van der Waals surface area contributed by atoms with Crippen LogP contribution >= 0.6 is 0 Å². The van der Waals surface area contributed by atoms with Gasteiger partial charge in [0.1, 0.15) is 0 Å². The van der Waals surface area contributed by atoms with Crippen LogP contribution in [0, 0.1) is 0 Å². The highest BCUT2D eigenvalue weighted by Crippen LogP contribution is 2.24. The molecule has 15 heavy (non-hydrogen) atoms. The molecule has 90 valence electrons. The largest absolute Gasteiger partial charge is 0.392 e. The first-order chi connectivity index (χ1) is 7.20. The van der Waals surface area contributed by atoms with Gasteiger partial charge in [-0.2, -0.15) is 0 Å². The van der Waals surface area contributed by atoms with Gasteiger partial charge in [-0.3, -0.25) is 4.90 Å². The van der Waals surface area contributed by atoms with Gasteiger partial charge in [-0.15, -0.1) is 0 Å². The summed E-state index contributed by atoms with van der Waals surface area (Å²) < 4.78 is 0. The van der Waals surface area contributed by atoms with Gasteiger partial charge in [-0.25, -0.2) is 0 Å². The van der Waals surface area contributed by atoms with Crippen molar-refractivity contribution < 1.29 is 5.11 Å². The van der Waals surface area contributed by atoms with Gasteiger partial charge < -0.3 is 5.11 Å². The second-order valence-electron chi connectivity index (χ2n) is 4.89. The minimum atomic E-state index is -0.151. The summed E-state index contributed by atoms with van der Waals surface area (Å²) in [5, 5.41) is 9.92. The number of likely N-dealkylation sites (tertiary alicyclic amines) is 1. The zero-order valence-electron chi connectivity index (χ0n) is 10.6. The van der Waals surface area contributed by atoms with Crippen molar-refractivity contribution in [3.05, 3.63) is 0 Å². The number of piperidine rings is 1. The topological polar surface area (TPSA) is 23.5 Å². The molecular weight excluding hydrogens is 186 g/mol. The number of aliphatic hydroxyl groups is 1. The second-order valence-corrected chi connectivity index (χ2v) is 4.89. The summed E-state index contributed by atoms with van der Waals surface area (Å²) in [5.74, 6) is 0. The number of hydrogen-bond acceptors (Lipinski definition) is 2. The monoisotopic (exact) mass is 213 g/mol. The Labute approximate surface area is 94.7 Å². The van der Waals surface area contributed by atoms with Gasteiger partial charge in [0.15, 0.2) is 0 Å². The molecule has 0 aromatic rings. The highest BCUT2D eigenvalue weighted by Gasteiger charge is 2.28. The van der Waals surface area contributed by atoms with Crippen LogP contribution in [0.4, 0.5) is 0 Å². The van der Waals surface area contributed by atoms with Crippen molar-refractivity contribution in [3.63, 3.8) is 0 Å². The normalized spacial score (nSPS) is 27.6. The van der Waals surface area contributed by atoms with Crippen LogP contribution < -0.4 is 0 Å². The van der Waals surface area contributed by atoms with Gasteiger partial charge in [0.25, 0.3) is 0 Å². The molecule has 0 amide bonds. The minimum absolute atomic E-state index is 0.151. The Balaban J connectivity index is 2.54. The molecule has 1 aliphatic heterocycles. The lowest BCUT2D eigenvalue weighted by Gasteiger charge is -2.41. The molecule has 1 N–H and O–H groups in total. The molecule has 1 saturated heterocycles. The van der Waals surface area contributed by atoms with Gasteiger partial charge in [0.05, 0.1) is 6.10 Å². The molecular formula is C13H27NO. The van der Waals surface area contributed by atoms with Crippen molar-refractivity contribution in [1.29, 1.82) is 0 Å². The standard InChI is InChI=1S/C13H27NO/c1-4-8-12-9-6-7-10-14(12)11(3)13(15)5-2/h11-13,15H,4-10H2,1-3H3. The summed E-state index contributed by atoms with van der Waals surface area (Å²) in [6, 6.07) is 1.06. The average molecular weight is 213 g/mol. The average Bonchev–Trinajstić information content (AvgIpc) is 2.28. The smallest absolute Gasteiger partial charge is 0.0690 e. The Morgan fingerprint density at radius 3 is 2.67 bits per heavy atom. The van der Waals surface area contributed by atoms with E-state index >= 15 is 0 Å². The molecule has 0 bridgehead atoms. The molecule has 3 atom stereocenters. The van der Waals surface area contributed by atoms with Gasteiger partial charge in [0.2, 0.25) is 0 Å². The summed E-state index contributed by atoms with van der Waals surface area (Å²) in [7, 11) is 0. The van der Waals surface area contributed by atoms with Crippen LogP contribution in [-0.2, 0) is 0 Å². The van der Waals surface area contributed by atoms with E-state index < -0.39 is 0 Å². The van der Waals surface area contributed by atoms with Crippen LogP contribution in [0.2, 0.25) is 0 Å². The first-order valence-electron chi connectivity index (χ1n) is 6.64. The Morgan fingerprint density at radius 2 is 2.07 bits per heavy atom. The van der Waals surface area contributed by atoms with E-state index in [0.717, 1.165) is 12.5 Å². The maximum atomic E-state index is 9.92. The van der Waals surface area contributed by atoms with Crippen molar-refractivity contribution in [3.8, 4) is 0 Å². The minimum Gasteiger partial charge on any atom is -0.392 e. The predicted molar refractivity (Wildman–Crippen MR) is 65.0 cm³/mol. The van der Waals surface area contributed by atoms with E-state index in [1.807, 2.05) is 0 Å². The fraction of sp³-hybridized carbons (Fsp3) is 1.00. The fourth-order valence-corrected chi connectivity index (χ4v) is 2.76. The van der Waals surface area contributed by atoms with Crippen molar-refractivity contribution in [1.82, 2.24) is 4.90 Å². The SMILES string of the molecule is CCCC1CCCCN1C(C)C(O)CC. The third-order valence-electron chi connectivity index (χ3n) is 3.79. The molecule has 1 aliphatic rings. The van der Waals surface area contributed by atoms with E-state index in [4.69, 9.17) is 0 Å². The van der Waals surface area contributed by atoms with Crippen LogP contribution in [0.5, 0.6) is 0 Å². The van der Waals surface area contributed by atoms with Gasteiger partial charge in [-0.05, 0) is 39.2 Å². The fourth-order valence-electron chi connectivity index (χ4n) is 2.76. The molecule has 0 aromatic carbocycles. The maximum Gasteiger partial charge on any atom is 0.0690 e. The summed E-state index contributed by atoms with van der Waals surface area (Å²) in [5.41, 5.74) is 0. The van der Waals surface area contributed by atoms with Crippen molar-refractivity contribution in [2.24, 2.45) is 0 Å². The van der Waals surface area contributed by atoms with E-state index in [0.29, 0.717) is 6.04 Å². The predicted octanol–water partition coefficient (Wildman–Crippen LogP) is 2.80. The van der Waals surface area contributed by atoms with Crippen LogP contribution in [0.15, 0.2) is 0 Å². The zero-order valence-corrected chi connectivity index (χ0v) is 10.6. The van der Waals surface area contributed by atoms with E-state index in [9.17, 15) is 5.11 Å². The lowest BCUT2D eigenvalue weighted by molar-refractivity contribution is 0.0121. The van der Waals surface area contributed by atoms with Crippen molar-refractivity contribution in [2.75, 3.05) is 6.54 Å². The third kappa shape index (κ3) is 3.46. The van der Waals surface area contributed by atoms with E-state index in [1.165, 1.54) is 38.6 Å². The van der Waals surface area contributed by atoms with Crippen molar-refractivity contribution >= 4 is 0 Å². The highest BCUT2D eigenvalue weighted by atomic mass is 16.3. The van der Waals surface area contributed by atoms with Gasteiger partial charge in [0, 0.05) is 12.1 Å². The molecule has 1 rings (SSSR count). The molecule has 0 radical (unpaired) electrons. The van der Waals surface area contributed by atoms with Gasteiger partial charge in [-0.1, -0.05) is 26.7 Å². The summed E-state index contributed by atoms with van der Waals surface area (Å²) in [4.78, 5) is 2.54. The van der Waals surface area contributed by atoms with Crippen LogP contribution in [-0.4, -0.2) is 34.7 Å². The highest BCUT2D eigenvalue weighted by molar-refractivity contribution is 4.83. The summed E-state index contributed by atoms with van der Waals surface area (Å²) in [6.07, 6.45) is 7.28. The zero-order chi connectivity index (χ0) is 11.3. The number of hydrogen-bond donors (Lipinski definition) is 1. The van der Waals surface area contributed by atoms with E-state index in [-0.39, 0.29) is 6.10 Å². The lowest BCUT2D eigenvalue weighted by Crippen LogP contribution is -2.49. The first-order valence-corrected chi connectivity index (χ1v) is 6.64. The molecule has 0 aliphatic carbocycles. The van der Waals surface area contributed by atoms with Crippen LogP contribution in [0.25, 0.3) is 0 Å². The molecule has 0 spiro atoms. The Hall–Kier alpha value is -0.0800. The van der Waals surface area contributed by atoms with Crippen molar-refractivity contribution in [2.45, 2.75) is 77.5 Å². The van der Waals surface area contributed by atoms with Crippen LogP contribution in [0.1, 0.15) is 59.3 Å². The first kappa shape index (κ1) is 13.0. The lowest BCUT2D eigenvalue weighted by atomic mass is 9.94.